The van der Waals surface area contributed by atoms with Gasteiger partial charge < -0.3 is 14.8 Å². The van der Waals surface area contributed by atoms with Crippen LogP contribution in [0.25, 0.3) is 6.08 Å². The fourth-order valence-electron chi connectivity index (χ4n) is 4.33. The van der Waals surface area contributed by atoms with E-state index in [-0.39, 0.29) is 5.91 Å². The maximum atomic E-state index is 12.4. The molecule has 0 aromatic heterocycles. The first-order chi connectivity index (χ1) is 16.0. The molecule has 33 heavy (non-hydrogen) atoms. The second-order valence-electron chi connectivity index (χ2n) is 8.71. The molecule has 0 radical (unpaired) electrons. The summed E-state index contributed by atoms with van der Waals surface area (Å²) < 4.78 is 11.6. The fourth-order valence-corrected chi connectivity index (χ4v) is 4.46. The molecule has 178 valence electrons. The third kappa shape index (κ3) is 7.79. The van der Waals surface area contributed by atoms with Gasteiger partial charge in [-0.05, 0) is 62.6 Å². The number of nitrogens with zero attached hydrogens (tertiary/aromatic N) is 1. The van der Waals surface area contributed by atoms with Crippen LogP contribution < -0.4 is 14.8 Å². The summed E-state index contributed by atoms with van der Waals surface area (Å²) >= 11 is 5.90. The van der Waals surface area contributed by atoms with Crippen LogP contribution >= 0.6 is 11.6 Å². The lowest BCUT2D eigenvalue weighted by atomic mass is 9.93. The normalized spacial score (nSPS) is 14.7. The zero-order chi connectivity index (χ0) is 23.6. The smallest absolute Gasteiger partial charge is 0.248 e. The lowest BCUT2D eigenvalue weighted by Crippen LogP contribution is -2.43. The van der Waals surface area contributed by atoms with Gasteiger partial charge >= 0.3 is 0 Å². The third-order valence-electron chi connectivity index (χ3n) is 6.04. The first kappa shape index (κ1) is 25.1. The number of nitrogens with one attached hydrogen (secondary N) is 1. The molecule has 1 aliphatic carbocycles. The number of carbonyl (C=O) groups is 1. The van der Waals surface area contributed by atoms with Gasteiger partial charge in [0.15, 0.2) is 11.5 Å². The highest BCUT2D eigenvalue weighted by atomic mass is 35.5. The van der Waals surface area contributed by atoms with Crippen molar-refractivity contribution in [2.75, 3.05) is 25.6 Å². The molecule has 2 aromatic rings. The summed E-state index contributed by atoms with van der Waals surface area (Å²) in [6.45, 7) is 5.94. The van der Waals surface area contributed by atoms with Gasteiger partial charge in [-0.2, -0.15) is 0 Å². The molecular weight excluding hydrogens is 436 g/mol. The number of carbonyl (C=O) groups excluding carboxylic acids is 1. The molecule has 6 heteroatoms. The zero-order valence-electron chi connectivity index (χ0n) is 19.9. The van der Waals surface area contributed by atoms with E-state index < -0.39 is 0 Å². The van der Waals surface area contributed by atoms with Crippen LogP contribution in [0.5, 0.6) is 11.5 Å². The van der Waals surface area contributed by atoms with Gasteiger partial charge in [-0.25, -0.2) is 0 Å². The molecule has 1 fully saturated rings. The number of methoxy groups -OCH3 is 1. The van der Waals surface area contributed by atoms with Crippen molar-refractivity contribution in [3.63, 3.8) is 0 Å². The Kier molecular flexibility index (Phi) is 9.64. The third-order valence-corrected chi connectivity index (χ3v) is 6.29. The van der Waals surface area contributed by atoms with Crippen LogP contribution in [-0.2, 0) is 4.79 Å². The van der Waals surface area contributed by atoms with Gasteiger partial charge in [-0.3, -0.25) is 9.69 Å². The highest BCUT2D eigenvalue weighted by Crippen LogP contribution is 2.31. The number of benzene rings is 2. The number of rotatable bonds is 10. The van der Waals surface area contributed by atoms with E-state index in [0.29, 0.717) is 40.9 Å². The Morgan fingerprint density at radius 3 is 2.52 bits per heavy atom. The highest BCUT2D eigenvalue weighted by molar-refractivity contribution is 6.30. The summed E-state index contributed by atoms with van der Waals surface area (Å²) in [5.74, 6) is 1.06. The summed E-state index contributed by atoms with van der Waals surface area (Å²) in [6, 6.07) is 13.9. The van der Waals surface area contributed by atoms with E-state index >= 15 is 0 Å². The van der Waals surface area contributed by atoms with Gasteiger partial charge in [-0.15, -0.1) is 0 Å². The van der Waals surface area contributed by atoms with Crippen molar-refractivity contribution < 1.29 is 14.3 Å². The standard InChI is InChI=1S/C27H35ClN2O3/c1-20(2)30(24-7-5-4-6-8-24)17-18-33-26-19-23(14-15-25(26)32-3)29-27(31)16-11-21-9-12-22(28)13-10-21/h9-16,19-20,24H,4-8,17-18H2,1-3H3,(H,29,31)/b16-11+. The van der Waals surface area contributed by atoms with Crippen LogP contribution in [0.2, 0.25) is 5.02 Å². The molecule has 1 saturated carbocycles. The first-order valence-electron chi connectivity index (χ1n) is 11.8. The molecule has 3 rings (SSSR count). The van der Waals surface area contributed by atoms with Crippen LogP contribution in [0.3, 0.4) is 0 Å². The molecule has 1 aliphatic rings. The molecule has 2 aromatic carbocycles. The van der Waals surface area contributed by atoms with E-state index in [9.17, 15) is 4.79 Å². The van der Waals surface area contributed by atoms with Crippen molar-refractivity contribution in [1.29, 1.82) is 0 Å². The van der Waals surface area contributed by atoms with Crippen molar-refractivity contribution in [3.05, 3.63) is 59.1 Å². The molecule has 0 bridgehead atoms. The Morgan fingerprint density at radius 2 is 1.85 bits per heavy atom. The van der Waals surface area contributed by atoms with Crippen LogP contribution in [0, 0.1) is 0 Å². The summed E-state index contributed by atoms with van der Waals surface area (Å²) in [5.41, 5.74) is 1.56. The van der Waals surface area contributed by atoms with Gasteiger partial charge in [0.25, 0.3) is 0 Å². The van der Waals surface area contributed by atoms with Crippen molar-refractivity contribution in [2.24, 2.45) is 0 Å². The van der Waals surface area contributed by atoms with Gasteiger partial charge in [0.05, 0.1) is 7.11 Å². The molecule has 5 nitrogen and oxygen atoms in total. The van der Waals surface area contributed by atoms with Crippen molar-refractivity contribution in [3.8, 4) is 11.5 Å². The van der Waals surface area contributed by atoms with Crippen LogP contribution in [-0.4, -0.2) is 43.2 Å². The van der Waals surface area contributed by atoms with Gasteiger partial charge in [-0.1, -0.05) is 43.0 Å². The largest absolute Gasteiger partial charge is 0.493 e. The number of hydrogen-bond donors (Lipinski definition) is 1. The minimum absolute atomic E-state index is 0.218. The molecular formula is C27H35ClN2O3. The van der Waals surface area contributed by atoms with Gasteiger partial charge in [0, 0.05) is 41.5 Å². The second kappa shape index (κ2) is 12.7. The molecule has 1 N–H and O–H groups in total. The number of amides is 1. The molecule has 0 saturated heterocycles. The minimum atomic E-state index is -0.218. The van der Waals surface area contributed by atoms with Crippen molar-refractivity contribution >= 4 is 29.3 Å². The maximum Gasteiger partial charge on any atom is 0.248 e. The Bertz CT molecular complexity index is 921. The molecule has 1 amide bonds. The van der Waals surface area contributed by atoms with Crippen molar-refractivity contribution in [2.45, 2.75) is 58.0 Å². The minimum Gasteiger partial charge on any atom is -0.493 e. The van der Waals surface area contributed by atoms with E-state index in [0.717, 1.165) is 12.1 Å². The van der Waals surface area contributed by atoms with E-state index in [1.54, 1.807) is 25.3 Å². The topological polar surface area (TPSA) is 50.8 Å². The summed E-state index contributed by atoms with van der Waals surface area (Å²) in [4.78, 5) is 14.9. The summed E-state index contributed by atoms with van der Waals surface area (Å²) in [5, 5.41) is 3.55. The summed E-state index contributed by atoms with van der Waals surface area (Å²) in [6.07, 6.45) is 9.77. The predicted octanol–water partition coefficient (Wildman–Crippen LogP) is 6.42. The quantitative estimate of drug-likeness (QED) is 0.407. The Hall–Kier alpha value is -2.50. The Balaban J connectivity index is 1.59. The maximum absolute atomic E-state index is 12.4. The van der Waals surface area contributed by atoms with Crippen LogP contribution in [0.1, 0.15) is 51.5 Å². The lowest BCUT2D eigenvalue weighted by Gasteiger charge is -2.37. The number of anilines is 1. The number of ether oxygens (including phenoxy) is 2. The first-order valence-corrected chi connectivity index (χ1v) is 12.2. The molecule has 0 atom stereocenters. The fraction of sp³-hybridized carbons (Fsp3) is 0.444. The lowest BCUT2D eigenvalue weighted by molar-refractivity contribution is -0.111. The van der Waals surface area contributed by atoms with Crippen LogP contribution in [0.4, 0.5) is 5.69 Å². The van der Waals surface area contributed by atoms with E-state index in [1.165, 1.54) is 38.2 Å². The predicted molar refractivity (Wildman–Crippen MR) is 136 cm³/mol. The SMILES string of the molecule is COc1ccc(NC(=O)/C=C/c2ccc(Cl)cc2)cc1OCCN(C(C)C)C1CCCCC1. The van der Waals surface area contributed by atoms with E-state index in [4.69, 9.17) is 21.1 Å². The molecule has 0 spiro atoms. The summed E-state index contributed by atoms with van der Waals surface area (Å²) in [7, 11) is 1.62. The number of halogens is 1. The average molecular weight is 471 g/mol. The van der Waals surface area contributed by atoms with Gasteiger partial charge in [0.1, 0.15) is 6.61 Å². The Labute approximate surface area is 202 Å². The second-order valence-corrected chi connectivity index (χ2v) is 9.15. The highest BCUT2D eigenvalue weighted by Gasteiger charge is 2.23. The van der Waals surface area contributed by atoms with Crippen LogP contribution in [0.15, 0.2) is 48.5 Å². The van der Waals surface area contributed by atoms with Crippen molar-refractivity contribution in [1.82, 2.24) is 4.90 Å². The van der Waals surface area contributed by atoms with Gasteiger partial charge in [0.2, 0.25) is 5.91 Å². The van der Waals surface area contributed by atoms with E-state index in [1.807, 2.05) is 30.3 Å². The average Bonchev–Trinajstić information content (AvgIpc) is 2.82. The zero-order valence-corrected chi connectivity index (χ0v) is 20.6. The Morgan fingerprint density at radius 1 is 1.12 bits per heavy atom. The number of hydrogen-bond acceptors (Lipinski definition) is 4. The molecule has 0 unspecified atom stereocenters. The molecule has 0 heterocycles. The van der Waals surface area contributed by atoms with E-state index in [2.05, 4.69) is 24.1 Å². The monoisotopic (exact) mass is 470 g/mol. The molecule has 0 aliphatic heterocycles.